The normalized spacial score (nSPS) is 11.1. The van der Waals surface area contributed by atoms with Gasteiger partial charge < -0.3 is 10.3 Å². The molecule has 1 aromatic heterocycles. The summed E-state index contributed by atoms with van der Waals surface area (Å²) in [6.07, 6.45) is 0. The van der Waals surface area contributed by atoms with Gasteiger partial charge in [0.05, 0.1) is 6.54 Å². The molecule has 0 saturated heterocycles. The van der Waals surface area contributed by atoms with Crippen LogP contribution in [0.15, 0.2) is 33.3 Å². The summed E-state index contributed by atoms with van der Waals surface area (Å²) < 4.78 is 6.21. The van der Waals surface area contributed by atoms with E-state index >= 15 is 0 Å². The highest BCUT2D eigenvalue weighted by molar-refractivity contribution is 9.10. The SMILES string of the molecule is CN(CCN)Cc1nc(-c2cccc(Br)c2)no1. The van der Waals surface area contributed by atoms with Gasteiger partial charge in [-0.3, -0.25) is 4.90 Å². The molecule has 2 aromatic rings. The highest BCUT2D eigenvalue weighted by Crippen LogP contribution is 2.20. The van der Waals surface area contributed by atoms with Crippen LogP contribution >= 0.6 is 15.9 Å². The van der Waals surface area contributed by atoms with Crippen molar-refractivity contribution in [2.75, 3.05) is 20.1 Å². The Kier molecular flexibility index (Phi) is 4.46. The molecule has 0 aliphatic heterocycles. The maximum Gasteiger partial charge on any atom is 0.241 e. The number of benzene rings is 1. The van der Waals surface area contributed by atoms with E-state index in [4.69, 9.17) is 10.3 Å². The van der Waals surface area contributed by atoms with Gasteiger partial charge >= 0.3 is 0 Å². The van der Waals surface area contributed by atoms with Gasteiger partial charge in [0.1, 0.15) is 0 Å². The van der Waals surface area contributed by atoms with Crippen LogP contribution in [-0.2, 0) is 6.54 Å². The molecule has 1 aromatic carbocycles. The van der Waals surface area contributed by atoms with E-state index in [1.165, 1.54) is 0 Å². The first-order valence-corrected chi connectivity index (χ1v) is 6.45. The minimum absolute atomic E-state index is 0.598. The molecule has 6 heteroatoms. The summed E-state index contributed by atoms with van der Waals surface area (Å²) in [5.41, 5.74) is 6.41. The third-order valence-corrected chi connectivity index (χ3v) is 2.96. The van der Waals surface area contributed by atoms with Crippen LogP contribution in [0.4, 0.5) is 0 Å². The van der Waals surface area contributed by atoms with Crippen LogP contribution in [0.2, 0.25) is 0 Å². The van der Waals surface area contributed by atoms with E-state index in [-0.39, 0.29) is 0 Å². The average Bonchev–Trinajstić information content (AvgIpc) is 2.78. The van der Waals surface area contributed by atoms with Crippen molar-refractivity contribution in [3.8, 4) is 11.4 Å². The van der Waals surface area contributed by atoms with Crippen molar-refractivity contribution in [1.29, 1.82) is 0 Å². The van der Waals surface area contributed by atoms with Gasteiger partial charge in [0.25, 0.3) is 0 Å². The Morgan fingerprint density at radius 2 is 2.28 bits per heavy atom. The van der Waals surface area contributed by atoms with Crippen molar-refractivity contribution >= 4 is 15.9 Å². The Bertz CT molecular complexity index is 514. The first-order chi connectivity index (χ1) is 8.69. The minimum Gasteiger partial charge on any atom is -0.338 e. The van der Waals surface area contributed by atoms with Gasteiger partial charge in [-0.25, -0.2) is 0 Å². The van der Waals surface area contributed by atoms with E-state index in [0.29, 0.717) is 24.8 Å². The second kappa shape index (κ2) is 6.08. The summed E-state index contributed by atoms with van der Waals surface area (Å²) in [5.74, 6) is 1.20. The zero-order chi connectivity index (χ0) is 13.0. The third kappa shape index (κ3) is 3.38. The molecule has 0 aliphatic carbocycles. The van der Waals surface area contributed by atoms with E-state index < -0.39 is 0 Å². The van der Waals surface area contributed by atoms with Crippen LogP contribution in [0.3, 0.4) is 0 Å². The topological polar surface area (TPSA) is 68.2 Å². The summed E-state index contributed by atoms with van der Waals surface area (Å²) in [7, 11) is 1.97. The Morgan fingerprint density at radius 1 is 1.44 bits per heavy atom. The molecule has 0 amide bonds. The first kappa shape index (κ1) is 13.2. The highest BCUT2D eigenvalue weighted by Gasteiger charge is 2.10. The molecule has 0 radical (unpaired) electrons. The molecule has 0 saturated carbocycles. The van der Waals surface area contributed by atoms with Crippen LogP contribution < -0.4 is 5.73 Å². The molecule has 0 atom stereocenters. The number of nitrogens with zero attached hydrogens (tertiary/aromatic N) is 3. The number of hydrogen-bond acceptors (Lipinski definition) is 5. The van der Waals surface area contributed by atoms with E-state index in [9.17, 15) is 0 Å². The van der Waals surface area contributed by atoms with Crippen molar-refractivity contribution < 1.29 is 4.52 Å². The first-order valence-electron chi connectivity index (χ1n) is 5.66. The molecule has 2 rings (SSSR count). The lowest BCUT2D eigenvalue weighted by Crippen LogP contribution is -2.25. The summed E-state index contributed by atoms with van der Waals surface area (Å²) >= 11 is 3.42. The summed E-state index contributed by atoms with van der Waals surface area (Å²) in [4.78, 5) is 6.40. The summed E-state index contributed by atoms with van der Waals surface area (Å²) in [5, 5.41) is 3.98. The second-order valence-electron chi connectivity index (χ2n) is 4.05. The molecule has 5 nitrogen and oxygen atoms in total. The fourth-order valence-corrected chi connectivity index (χ4v) is 1.99. The van der Waals surface area contributed by atoms with Crippen LogP contribution in [0.25, 0.3) is 11.4 Å². The quantitative estimate of drug-likeness (QED) is 0.913. The average molecular weight is 311 g/mol. The van der Waals surface area contributed by atoms with Gasteiger partial charge in [0.15, 0.2) is 0 Å². The van der Waals surface area contributed by atoms with Crippen molar-refractivity contribution in [2.45, 2.75) is 6.54 Å². The maximum absolute atomic E-state index is 5.48. The fourth-order valence-electron chi connectivity index (χ4n) is 1.59. The molecule has 0 aliphatic rings. The predicted octanol–water partition coefficient (Wildman–Crippen LogP) is 1.89. The van der Waals surface area contributed by atoms with Crippen LogP contribution in [0.1, 0.15) is 5.89 Å². The van der Waals surface area contributed by atoms with Gasteiger partial charge in [0, 0.05) is 23.1 Å². The number of likely N-dealkylation sites (N-methyl/N-ethyl adjacent to an activating group) is 1. The molecule has 1 heterocycles. The number of hydrogen-bond donors (Lipinski definition) is 1. The van der Waals surface area contributed by atoms with E-state index in [2.05, 4.69) is 26.1 Å². The predicted molar refractivity (Wildman–Crippen MR) is 72.8 cm³/mol. The van der Waals surface area contributed by atoms with Gasteiger partial charge in [-0.15, -0.1) is 0 Å². The molecule has 0 bridgehead atoms. The monoisotopic (exact) mass is 310 g/mol. The minimum atomic E-state index is 0.598. The van der Waals surface area contributed by atoms with Gasteiger partial charge in [0.2, 0.25) is 11.7 Å². The van der Waals surface area contributed by atoms with E-state index in [1.807, 2.05) is 36.2 Å². The molecular weight excluding hydrogens is 296 g/mol. The van der Waals surface area contributed by atoms with E-state index in [1.54, 1.807) is 0 Å². The molecule has 96 valence electrons. The lowest BCUT2D eigenvalue weighted by molar-refractivity contribution is 0.272. The Labute approximate surface area is 114 Å². The van der Waals surface area contributed by atoms with Gasteiger partial charge in [-0.2, -0.15) is 4.98 Å². The zero-order valence-electron chi connectivity index (χ0n) is 10.1. The molecule has 0 fully saturated rings. The van der Waals surface area contributed by atoms with Crippen molar-refractivity contribution in [3.63, 3.8) is 0 Å². The van der Waals surface area contributed by atoms with Crippen LogP contribution in [0, 0.1) is 0 Å². The summed E-state index contributed by atoms with van der Waals surface area (Å²) in [6.45, 7) is 2.02. The second-order valence-corrected chi connectivity index (χ2v) is 4.96. The Morgan fingerprint density at radius 3 is 3.00 bits per heavy atom. The molecule has 2 N–H and O–H groups in total. The molecule has 0 unspecified atom stereocenters. The lowest BCUT2D eigenvalue weighted by Gasteiger charge is -2.11. The smallest absolute Gasteiger partial charge is 0.241 e. The third-order valence-electron chi connectivity index (χ3n) is 2.47. The van der Waals surface area contributed by atoms with E-state index in [0.717, 1.165) is 16.6 Å². The molecule has 0 spiro atoms. The Hall–Kier alpha value is -1.24. The number of halogens is 1. The van der Waals surface area contributed by atoms with Gasteiger partial charge in [-0.1, -0.05) is 33.2 Å². The number of nitrogens with two attached hydrogens (primary N) is 1. The number of aromatic nitrogens is 2. The standard InChI is InChI=1S/C12H15BrN4O/c1-17(6-5-14)8-11-15-12(16-18-11)9-3-2-4-10(13)7-9/h2-4,7H,5-6,8,14H2,1H3. The summed E-state index contributed by atoms with van der Waals surface area (Å²) in [6, 6.07) is 7.80. The van der Waals surface area contributed by atoms with Crippen molar-refractivity contribution in [2.24, 2.45) is 5.73 Å². The molecule has 18 heavy (non-hydrogen) atoms. The largest absolute Gasteiger partial charge is 0.338 e. The Balaban J connectivity index is 2.10. The van der Waals surface area contributed by atoms with Crippen molar-refractivity contribution in [1.82, 2.24) is 15.0 Å². The highest BCUT2D eigenvalue weighted by atomic mass is 79.9. The van der Waals surface area contributed by atoms with Crippen LogP contribution in [-0.4, -0.2) is 35.2 Å². The zero-order valence-corrected chi connectivity index (χ0v) is 11.7. The number of rotatable bonds is 5. The van der Waals surface area contributed by atoms with Gasteiger partial charge in [-0.05, 0) is 19.2 Å². The lowest BCUT2D eigenvalue weighted by atomic mass is 10.2. The van der Waals surface area contributed by atoms with Crippen molar-refractivity contribution in [3.05, 3.63) is 34.6 Å². The van der Waals surface area contributed by atoms with Crippen LogP contribution in [0.5, 0.6) is 0 Å². The molecular formula is C12H15BrN4O. The fraction of sp³-hybridized carbons (Fsp3) is 0.333. The maximum atomic E-state index is 5.48.